The monoisotopic (exact) mass is 327 g/mol. The molecule has 0 spiro atoms. The number of hydrazine groups is 1. The van der Waals surface area contributed by atoms with E-state index in [-0.39, 0.29) is 30.6 Å². The second kappa shape index (κ2) is 7.33. The van der Waals surface area contributed by atoms with Gasteiger partial charge in [0.1, 0.15) is 5.82 Å². The number of rotatable bonds is 5. The van der Waals surface area contributed by atoms with Crippen LogP contribution in [0.3, 0.4) is 0 Å². The Morgan fingerprint density at radius 1 is 1.21 bits per heavy atom. The van der Waals surface area contributed by atoms with Gasteiger partial charge in [0.15, 0.2) is 0 Å². The zero-order chi connectivity index (χ0) is 16.9. The van der Waals surface area contributed by atoms with Gasteiger partial charge in [0, 0.05) is 37.8 Å². The van der Waals surface area contributed by atoms with Gasteiger partial charge in [0.2, 0.25) is 5.91 Å². The molecule has 1 aliphatic heterocycles. The molecular weight excluding hydrogens is 306 g/mol. The van der Waals surface area contributed by atoms with Crippen LogP contribution in [0.4, 0.5) is 5.82 Å². The Labute approximate surface area is 140 Å². The SMILES string of the molecule is CC1C(NC(=O)CN(C)c2cnccn2)NNC1c1ccncc1. The van der Waals surface area contributed by atoms with Crippen LogP contribution in [-0.2, 0) is 4.79 Å². The molecule has 0 aliphatic carbocycles. The maximum atomic E-state index is 12.3. The van der Waals surface area contributed by atoms with Crippen LogP contribution >= 0.6 is 0 Å². The van der Waals surface area contributed by atoms with Crippen molar-refractivity contribution in [2.75, 3.05) is 18.5 Å². The Bertz CT molecular complexity index is 667. The third-order valence-corrected chi connectivity index (χ3v) is 4.15. The van der Waals surface area contributed by atoms with Crippen LogP contribution in [0, 0.1) is 5.92 Å². The molecule has 1 amide bonds. The number of anilines is 1. The minimum absolute atomic E-state index is 0.0790. The van der Waals surface area contributed by atoms with Crippen molar-refractivity contribution < 1.29 is 4.79 Å². The van der Waals surface area contributed by atoms with E-state index in [2.05, 4.69) is 38.0 Å². The lowest BCUT2D eigenvalue weighted by atomic mass is 9.95. The first-order chi connectivity index (χ1) is 11.6. The zero-order valence-corrected chi connectivity index (χ0v) is 13.7. The van der Waals surface area contributed by atoms with Gasteiger partial charge in [-0.2, -0.15) is 0 Å². The van der Waals surface area contributed by atoms with Crippen molar-refractivity contribution in [1.82, 2.24) is 31.1 Å². The topological polar surface area (TPSA) is 95.1 Å². The lowest BCUT2D eigenvalue weighted by molar-refractivity contribution is -0.120. The molecule has 1 aliphatic rings. The Balaban J connectivity index is 1.55. The number of carbonyl (C=O) groups excluding carboxylic acids is 1. The Kier molecular flexibility index (Phi) is 4.97. The summed E-state index contributed by atoms with van der Waals surface area (Å²) in [6.45, 7) is 2.30. The fourth-order valence-electron chi connectivity index (χ4n) is 2.76. The highest BCUT2D eigenvalue weighted by Gasteiger charge is 2.34. The number of carbonyl (C=O) groups is 1. The molecule has 3 heterocycles. The van der Waals surface area contributed by atoms with Crippen molar-refractivity contribution in [1.29, 1.82) is 0 Å². The van der Waals surface area contributed by atoms with Crippen LogP contribution in [-0.4, -0.2) is 40.6 Å². The third kappa shape index (κ3) is 3.66. The highest BCUT2D eigenvalue weighted by Crippen LogP contribution is 2.26. The number of nitrogens with zero attached hydrogens (tertiary/aromatic N) is 4. The fourth-order valence-corrected chi connectivity index (χ4v) is 2.76. The number of nitrogens with one attached hydrogen (secondary N) is 3. The van der Waals surface area contributed by atoms with Crippen molar-refractivity contribution >= 4 is 11.7 Å². The summed E-state index contributed by atoms with van der Waals surface area (Å²) in [4.78, 5) is 26.3. The van der Waals surface area contributed by atoms with Gasteiger partial charge in [-0.25, -0.2) is 15.8 Å². The molecule has 1 saturated heterocycles. The molecule has 8 nitrogen and oxygen atoms in total. The van der Waals surface area contributed by atoms with E-state index in [1.165, 1.54) is 0 Å². The van der Waals surface area contributed by atoms with E-state index in [0.717, 1.165) is 5.56 Å². The molecule has 3 atom stereocenters. The quantitative estimate of drug-likeness (QED) is 0.724. The normalized spacial score (nSPS) is 23.0. The molecular formula is C16H21N7O. The summed E-state index contributed by atoms with van der Waals surface area (Å²) in [7, 11) is 1.81. The fraction of sp³-hybridized carbons (Fsp3) is 0.375. The molecule has 0 bridgehead atoms. The van der Waals surface area contributed by atoms with Crippen molar-refractivity contribution in [2.45, 2.75) is 19.1 Å². The second-order valence-electron chi connectivity index (χ2n) is 5.87. The molecule has 3 rings (SSSR count). The van der Waals surface area contributed by atoms with Crippen molar-refractivity contribution in [2.24, 2.45) is 5.92 Å². The smallest absolute Gasteiger partial charge is 0.240 e. The molecule has 2 aromatic rings. The van der Waals surface area contributed by atoms with E-state index in [4.69, 9.17) is 0 Å². The molecule has 2 aromatic heterocycles. The zero-order valence-electron chi connectivity index (χ0n) is 13.7. The van der Waals surface area contributed by atoms with Crippen molar-refractivity contribution in [3.8, 4) is 0 Å². The standard InChI is InChI=1S/C16H21N7O/c1-11-15(12-3-5-17-6-4-12)21-22-16(11)20-14(24)10-23(2)13-9-18-7-8-19-13/h3-9,11,15-16,21-22H,10H2,1-2H3,(H,20,24). The molecule has 3 unspecified atom stereocenters. The van der Waals surface area contributed by atoms with Gasteiger partial charge >= 0.3 is 0 Å². The number of likely N-dealkylation sites (N-methyl/N-ethyl adjacent to an activating group) is 1. The highest BCUT2D eigenvalue weighted by molar-refractivity contribution is 5.81. The van der Waals surface area contributed by atoms with Crippen LogP contribution in [0.5, 0.6) is 0 Å². The summed E-state index contributed by atoms with van der Waals surface area (Å²) < 4.78 is 0. The van der Waals surface area contributed by atoms with Crippen molar-refractivity contribution in [3.63, 3.8) is 0 Å². The van der Waals surface area contributed by atoms with Crippen LogP contribution in [0.2, 0.25) is 0 Å². The molecule has 0 saturated carbocycles. The number of amides is 1. The number of hydrogen-bond acceptors (Lipinski definition) is 7. The largest absolute Gasteiger partial charge is 0.349 e. The molecule has 126 valence electrons. The van der Waals surface area contributed by atoms with E-state index in [1.807, 2.05) is 19.2 Å². The Morgan fingerprint density at radius 3 is 2.71 bits per heavy atom. The molecule has 0 radical (unpaired) electrons. The van der Waals surface area contributed by atoms with Gasteiger partial charge in [0.05, 0.1) is 24.9 Å². The van der Waals surface area contributed by atoms with E-state index in [9.17, 15) is 4.79 Å². The summed E-state index contributed by atoms with van der Waals surface area (Å²) in [5, 5.41) is 3.01. The summed E-state index contributed by atoms with van der Waals surface area (Å²) in [6, 6.07) is 4.07. The first kappa shape index (κ1) is 16.3. The van der Waals surface area contributed by atoms with Crippen LogP contribution < -0.4 is 21.1 Å². The Hall–Kier alpha value is -2.58. The lowest BCUT2D eigenvalue weighted by Gasteiger charge is -2.22. The number of hydrogen-bond donors (Lipinski definition) is 3. The van der Waals surface area contributed by atoms with Crippen LogP contribution in [0.15, 0.2) is 43.1 Å². The van der Waals surface area contributed by atoms with E-state index >= 15 is 0 Å². The number of pyridine rings is 1. The van der Waals surface area contributed by atoms with Gasteiger partial charge in [-0.05, 0) is 17.7 Å². The van der Waals surface area contributed by atoms with Gasteiger partial charge in [-0.15, -0.1) is 0 Å². The predicted octanol–water partition coefficient (Wildman–Crippen LogP) is 0.235. The maximum absolute atomic E-state index is 12.3. The predicted molar refractivity (Wildman–Crippen MR) is 89.6 cm³/mol. The van der Waals surface area contributed by atoms with E-state index in [0.29, 0.717) is 5.82 Å². The average molecular weight is 327 g/mol. The average Bonchev–Trinajstić information content (AvgIpc) is 2.97. The second-order valence-corrected chi connectivity index (χ2v) is 5.87. The van der Waals surface area contributed by atoms with Gasteiger partial charge < -0.3 is 10.2 Å². The summed E-state index contributed by atoms with van der Waals surface area (Å²) >= 11 is 0. The summed E-state index contributed by atoms with van der Waals surface area (Å²) in [5.74, 6) is 0.774. The molecule has 8 heteroatoms. The van der Waals surface area contributed by atoms with E-state index < -0.39 is 0 Å². The van der Waals surface area contributed by atoms with E-state index in [1.54, 1.807) is 35.9 Å². The highest BCUT2D eigenvalue weighted by atomic mass is 16.2. The molecule has 3 N–H and O–H groups in total. The van der Waals surface area contributed by atoms with Crippen LogP contribution in [0.1, 0.15) is 18.5 Å². The minimum Gasteiger partial charge on any atom is -0.349 e. The minimum atomic E-state index is -0.147. The van der Waals surface area contributed by atoms with Crippen LogP contribution in [0.25, 0.3) is 0 Å². The van der Waals surface area contributed by atoms with Gasteiger partial charge in [-0.3, -0.25) is 14.8 Å². The Morgan fingerprint density at radius 2 is 2.00 bits per heavy atom. The number of aromatic nitrogens is 3. The third-order valence-electron chi connectivity index (χ3n) is 4.15. The molecule has 0 aromatic carbocycles. The first-order valence-corrected chi connectivity index (χ1v) is 7.82. The van der Waals surface area contributed by atoms with Gasteiger partial charge in [-0.1, -0.05) is 6.92 Å². The van der Waals surface area contributed by atoms with Crippen molar-refractivity contribution in [3.05, 3.63) is 48.7 Å². The first-order valence-electron chi connectivity index (χ1n) is 7.82. The summed E-state index contributed by atoms with van der Waals surface area (Å²) in [5.41, 5.74) is 7.52. The summed E-state index contributed by atoms with van der Waals surface area (Å²) in [6.07, 6.45) is 8.23. The maximum Gasteiger partial charge on any atom is 0.240 e. The van der Waals surface area contributed by atoms with Gasteiger partial charge in [0.25, 0.3) is 0 Å². The lowest BCUT2D eigenvalue weighted by Crippen LogP contribution is -2.49. The molecule has 1 fully saturated rings. The molecule has 24 heavy (non-hydrogen) atoms.